The van der Waals surface area contributed by atoms with Crippen molar-refractivity contribution in [3.63, 3.8) is 0 Å². The van der Waals surface area contributed by atoms with Gasteiger partial charge in [-0.2, -0.15) is 0 Å². The highest BCUT2D eigenvalue weighted by Crippen LogP contribution is 2.36. The minimum Gasteiger partial charge on any atom is -0.456 e. The lowest BCUT2D eigenvalue weighted by Crippen LogP contribution is -2.41. The predicted octanol–water partition coefficient (Wildman–Crippen LogP) is 3.51. The van der Waals surface area contributed by atoms with Gasteiger partial charge in [-0.1, -0.05) is 12.1 Å². The summed E-state index contributed by atoms with van der Waals surface area (Å²) in [5.74, 6) is 1.05. The number of thiophene rings is 1. The number of fused-ring (bicyclic) bond motifs is 2. The number of nitrogens with one attached hydrogen (secondary N) is 1. The minimum absolute atomic E-state index is 0.0954. The first-order chi connectivity index (χ1) is 19.0. The molecule has 6 rings (SSSR count). The van der Waals surface area contributed by atoms with E-state index in [1.165, 1.54) is 11.3 Å². The Morgan fingerprint density at radius 3 is 2.82 bits per heavy atom. The van der Waals surface area contributed by atoms with E-state index in [1.54, 1.807) is 23.2 Å². The number of β-amino-alcohol motifs (C(OH)–C–C–N with tert-alkyl or cyclic N) is 1. The maximum atomic E-state index is 13.0. The molecule has 10 heteroatoms. The van der Waals surface area contributed by atoms with Crippen LogP contribution in [0.2, 0.25) is 0 Å². The molecule has 2 saturated heterocycles. The van der Waals surface area contributed by atoms with Crippen molar-refractivity contribution in [1.29, 1.82) is 0 Å². The summed E-state index contributed by atoms with van der Waals surface area (Å²) in [6.45, 7) is 5.55. The molecule has 2 fully saturated rings. The highest BCUT2D eigenvalue weighted by molar-refractivity contribution is 7.21. The first-order valence-corrected chi connectivity index (χ1v) is 14.0. The van der Waals surface area contributed by atoms with Gasteiger partial charge in [0.15, 0.2) is 0 Å². The lowest BCUT2D eigenvalue weighted by molar-refractivity contribution is 0.0383. The van der Waals surface area contributed by atoms with Crippen molar-refractivity contribution in [2.24, 2.45) is 0 Å². The normalized spacial score (nSPS) is 18.1. The Hall–Kier alpha value is -3.57. The molecule has 0 saturated carbocycles. The smallest absolute Gasteiger partial charge is 0.264 e. The second kappa shape index (κ2) is 11.3. The second-order valence-corrected chi connectivity index (χ2v) is 10.9. The molecule has 2 aromatic carbocycles. The van der Waals surface area contributed by atoms with E-state index in [2.05, 4.69) is 15.2 Å². The third-order valence-electron chi connectivity index (χ3n) is 7.18. The monoisotopic (exact) mass is 546 g/mol. The lowest BCUT2D eigenvalue weighted by atomic mass is 10.0. The highest BCUT2D eigenvalue weighted by Gasteiger charge is 2.27. The number of carbonyl (C=O) groups is 2. The summed E-state index contributed by atoms with van der Waals surface area (Å²) < 4.78 is 12.4. The summed E-state index contributed by atoms with van der Waals surface area (Å²) in [5.41, 5.74) is 1.32. The van der Waals surface area contributed by atoms with Gasteiger partial charge in [-0.25, -0.2) is 0 Å². The van der Waals surface area contributed by atoms with E-state index in [0.29, 0.717) is 53.5 Å². The van der Waals surface area contributed by atoms with Gasteiger partial charge in [0.2, 0.25) is 0 Å². The van der Waals surface area contributed by atoms with Gasteiger partial charge in [-0.05, 0) is 47.5 Å². The molecule has 2 amide bonds. The third-order valence-corrected chi connectivity index (χ3v) is 8.31. The Morgan fingerprint density at radius 1 is 1.13 bits per heavy atom. The molecule has 4 heterocycles. The van der Waals surface area contributed by atoms with Crippen molar-refractivity contribution in [1.82, 2.24) is 20.1 Å². The van der Waals surface area contributed by atoms with E-state index < -0.39 is 6.10 Å². The van der Waals surface area contributed by atoms with Gasteiger partial charge < -0.3 is 24.8 Å². The van der Waals surface area contributed by atoms with E-state index in [9.17, 15) is 14.7 Å². The van der Waals surface area contributed by atoms with Crippen LogP contribution in [0.25, 0.3) is 21.0 Å². The van der Waals surface area contributed by atoms with Gasteiger partial charge in [0.25, 0.3) is 11.8 Å². The maximum Gasteiger partial charge on any atom is 0.264 e. The summed E-state index contributed by atoms with van der Waals surface area (Å²) in [5, 5.41) is 14.6. The fourth-order valence-electron chi connectivity index (χ4n) is 5.08. The Kier molecular flexibility index (Phi) is 7.43. The molecule has 4 aromatic rings. The van der Waals surface area contributed by atoms with E-state index in [-0.39, 0.29) is 11.8 Å². The number of aliphatic hydroxyl groups excluding tert-OH is 1. The van der Waals surface area contributed by atoms with Gasteiger partial charge in [0.05, 0.1) is 34.4 Å². The molecule has 2 aliphatic heterocycles. The molecule has 0 unspecified atom stereocenters. The van der Waals surface area contributed by atoms with Crippen LogP contribution in [0.1, 0.15) is 26.5 Å². The maximum absolute atomic E-state index is 13.0. The number of morpholine rings is 1. The number of aliphatic hydroxyl groups is 1. The molecule has 0 bridgehead atoms. The van der Waals surface area contributed by atoms with Gasteiger partial charge in [0, 0.05) is 57.1 Å². The van der Waals surface area contributed by atoms with Crippen molar-refractivity contribution in [3.05, 3.63) is 65.2 Å². The van der Waals surface area contributed by atoms with E-state index in [1.807, 2.05) is 36.4 Å². The molecule has 202 valence electrons. The molecule has 0 aliphatic carbocycles. The van der Waals surface area contributed by atoms with Gasteiger partial charge in [-0.3, -0.25) is 19.5 Å². The van der Waals surface area contributed by atoms with Crippen LogP contribution in [-0.4, -0.2) is 90.3 Å². The van der Waals surface area contributed by atoms with Gasteiger partial charge >= 0.3 is 0 Å². The minimum atomic E-state index is -0.463. The molecule has 1 atom stereocenters. The first-order valence-electron chi connectivity index (χ1n) is 13.2. The van der Waals surface area contributed by atoms with Crippen molar-refractivity contribution in [2.75, 3.05) is 52.5 Å². The number of amides is 2. The predicted molar refractivity (Wildman–Crippen MR) is 150 cm³/mol. The lowest BCUT2D eigenvalue weighted by Gasteiger charge is -2.26. The molecule has 39 heavy (non-hydrogen) atoms. The SMILES string of the molecule is O=C(NCCN1CCOCC1)c1cccc2cc(Oc3ccnc4cc(C(=O)N5CC[C@@H](O)C5)sc34)ccc12. The molecular formula is C29H30N4O5S. The number of hydrogen-bond donors (Lipinski definition) is 2. The molecule has 0 radical (unpaired) electrons. The number of hydrogen-bond acceptors (Lipinski definition) is 8. The van der Waals surface area contributed by atoms with Gasteiger partial charge in [0.1, 0.15) is 11.5 Å². The quantitative estimate of drug-likeness (QED) is 0.366. The summed E-state index contributed by atoms with van der Waals surface area (Å²) in [6, 6.07) is 14.9. The zero-order valence-corrected chi connectivity index (χ0v) is 22.3. The van der Waals surface area contributed by atoms with E-state index >= 15 is 0 Å². The molecule has 0 spiro atoms. The number of likely N-dealkylation sites (tertiary alicyclic amines) is 1. The van der Waals surface area contributed by atoms with E-state index in [4.69, 9.17) is 9.47 Å². The Bertz CT molecular complexity index is 1520. The number of pyridine rings is 1. The summed E-state index contributed by atoms with van der Waals surface area (Å²) in [4.78, 5) is 34.8. The largest absolute Gasteiger partial charge is 0.456 e. The van der Waals surface area contributed by atoms with E-state index in [0.717, 1.165) is 48.3 Å². The second-order valence-electron chi connectivity index (χ2n) is 9.83. The number of aromatic nitrogens is 1. The molecular weight excluding hydrogens is 516 g/mol. The topological polar surface area (TPSA) is 104 Å². The zero-order chi connectivity index (χ0) is 26.8. The van der Waals surface area contributed by atoms with Crippen molar-refractivity contribution in [3.8, 4) is 11.5 Å². The molecule has 2 aromatic heterocycles. The average molecular weight is 547 g/mol. The number of rotatable bonds is 7. The van der Waals surface area contributed by atoms with Crippen LogP contribution in [0.4, 0.5) is 0 Å². The fraction of sp³-hybridized carbons (Fsp3) is 0.345. The summed E-state index contributed by atoms with van der Waals surface area (Å²) >= 11 is 1.34. The number of ether oxygens (including phenoxy) is 2. The molecule has 2 aliphatic rings. The van der Waals surface area contributed by atoms with Crippen LogP contribution in [-0.2, 0) is 4.74 Å². The van der Waals surface area contributed by atoms with Crippen molar-refractivity contribution < 1.29 is 24.2 Å². The standard InChI is InChI=1S/C29H30N4O5S/c34-20-7-10-33(18-20)29(36)26-17-24-27(39-26)25(6-8-30-24)38-21-4-5-22-19(16-21)2-1-3-23(22)28(35)31-9-11-32-12-14-37-15-13-32/h1-6,8,16-17,20,34H,7,9-15,18H2,(H,31,35)/t20-/m1/s1. The summed E-state index contributed by atoms with van der Waals surface area (Å²) in [7, 11) is 0. The molecule has 2 N–H and O–H groups in total. The van der Waals surface area contributed by atoms with Crippen LogP contribution >= 0.6 is 11.3 Å². The zero-order valence-electron chi connectivity index (χ0n) is 21.5. The first kappa shape index (κ1) is 25.7. The van der Waals surface area contributed by atoms with Crippen LogP contribution < -0.4 is 10.1 Å². The third kappa shape index (κ3) is 5.60. The number of nitrogens with zero attached hydrogens (tertiary/aromatic N) is 3. The van der Waals surface area contributed by atoms with Crippen LogP contribution in [0.5, 0.6) is 11.5 Å². The van der Waals surface area contributed by atoms with Gasteiger partial charge in [-0.15, -0.1) is 11.3 Å². The van der Waals surface area contributed by atoms with Crippen LogP contribution in [0.3, 0.4) is 0 Å². The Balaban J connectivity index is 1.18. The highest BCUT2D eigenvalue weighted by atomic mass is 32.1. The molecule has 9 nitrogen and oxygen atoms in total. The Morgan fingerprint density at radius 2 is 2.00 bits per heavy atom. The van der Waals surface area contributed by atoms with Crippen LogP contribution in [0.15, 0.2) is 54.7 Å². The number of benzene rings is 2. The average Bonchev–Trinajstić information content (AvgIpc) is 3.60. The number of carbonyl (C=O) groups excluding carboxylic acids is 2. The Labute approximate surface area is 229 Å². The summed E-state index contributed by atoms with van der Waals surface area (Å²) in [6.07, 6.45) is 1.80. The van der Waals surface area contributed by atoms with Crippen molar-refractivity contribution in [2.45, 2.75) is 12.5 Å². The van der Waals surface area contributed by atoms with Crippen LogP contribution in [0, 0.1) is 0 Å². The van der Waals surface area contributed by atoms with Crippen molar-refractivity contribution >= 4 is 44.1 Å². The fourth-order valence-corrected chi connectivity index (χ4v) is 6.11.